The zero-order valence-electron chi connectivity index (χ0n) is 10.3. The molecule has 7 nitrogen and oxygen atoms in total. The van der Waals surface area contributed by atoms with E-state index in [1.807, 2.05) is 0 Å². The zero-order chi connectivity index (χ0) is 14.0. The molecule has 0 spiro atoms. The first kappa shape index (κ1) is 13.5. The third-order valence-electron chi connectivity index (χ3n) is 2.38. The number of aromatic amines is 1. The van der Waals surface area contributed by atoms with Gasteiger partial charge in [-0.05, 0) is 36.4 Å². The highest BCUT2D eigenvalue weighted by atomic mass is 32.2. The summed E-state index contributed by atoms with van der Waals surface area (Å²) in [5.74, 6) is 0. The van der Waals surface area contributed by atoms with Crippen molar-refractivity contribution in [2.75, 3.05) is 0 Å². The van der Waals surface area contributed by atoms with Crippen molar-refractivity contribution in [3.63, 3.8) is 0 Å². The molecule has 2 aromatic rings. The van der Waals surface area contributed by atoms with E-state index in [-0.39, 0.29) is 0 Å². The summed E-state index contributed by atoms with van der Waals surface area (Å²) in [6, 6.07) is 3.40. The Morgan fingerprint density at radius 1 is 1.47 bits per heavy atom. The summed E-state index contributed by atoms with van der Waals surface area (Å²) >= 11 is 1.13. The van der Waals surface area contributed by atoms with E-state index >= 15 is 0 Å². The molecule has 2 heterocycles. The summed E-state index contributed by atoms with van der Waals surface area (Å²) in [6.07, 6.45) is 0.962. The van der Waals surface area contributed by atoms with E-state index in [4.69, 9.17) is 0 Å². The maximum Gasteiger partial charge on any atom is 0.339 e. The lowest BCUT2D eigenvalue weighted by atomic mass is 10.2. The number of pyridine rings is 1. The third kappa shape index (κ3) is 3.09. The van der Waals surface area contributed by atoms with Gasteiger partial charge < -0.3 is 5.11 Å². The van der Waals surface area contributed by atoms with Crippen LogP contribution >= 0.6 is 11.8 Å². The van der Waals surface area contributed by atoms with Crippen LogP contribution in [0.25, 0.3) is 0 Å². The lowest BCUT2D eigenvalue weighted by Gasteiger charge is -2.07. The van der Waals surface area contributed by atoms with Crippen molar-refractivity contribution in [3.8, 4) is 0 Å². The van der Waals surface area contributed by atoms with Gasteiger partial charge in [-0.2, -0.15) is 4.98 Å². The van der Waals surface area contributed by atoms with Crippen LogP contribution in [0.15, 0.2) is 38.1 Å². The zero-order valence-corrected chi connectivity index (χ0v) is 11.1. The number of aryl methyl sites for hydroxylation is 1. The Morgan fingerprint density at radius 3 is 2.89 bits per heavy atom. The highest BCUT2D eigenvalue weighted by molar-refractivity contribution is 7.99. The van der Waals surface area contributed by atoms with Crippen molar-refractivity contribution in [1.29, 1.82) is 0 Å². The minimum atomic E-state index is -0.840. The number of nitrogens with one attached hydrogen (secondary N) is 1. The molecule has 0 fully saturated rings. The number of aliphatic hydroxyl groups excluding tert-OH is 1. The molecule has 1 atom stereocenters. The smallest absolute Gasteiger partial charge is 0.339 e. The van der Waals surface area contributed by atoms with Gasteiger partial charge in [-0.1, -0.05) is 0 Å². The van der Waals surface area contributed by atoms with Crippen molar-refractivity contribution in [1.82, 2.24) is 19.7 Å². The van der Waals surface area contributed by atoms with Crippen molar-refractivity contribution < 1.29 is 5.11 Å². The average Bonchev–Trinajstić information content (AvgIpc) is 2.36. The molecule has 0 saturated carbocycles. The Kier molecular flexibility index (Phi) is 3.82. The molecule has 8 heteroatoms. The van der Waals surface area contributed by atoms with Gasteiger partial charge in [0.05, 0.1) is 6.10 Å². The van der Waals surface area contributed by atoms with Crippen LogP contribution in [-0.4, -0.2) is 24.9 Å². The predicted molar refractivity (Wildman–Crippen MR) is 69.1 cm³/mol. The Hall–Kier alpha value is -1.93. The van der Waals surface area contributed by atoms with E-state index in [2.05, 4.69) is 15.1 Å². The first-order valence-electron chi connectivity index (χ1n) is 5.46. The third-order valence-corrected chi connectivity index (χ3v) is 3.36. The van der Waals surface area contributed by atoms with Gasteiger partial charge in [0.25, 0.3) is 0 Å². The summed E-state index contributed by atoms with van der Waals surface area (Å²) in [7, 11) is 1.58. The van der Waals surface area contributed by atoms with Crippen LogP contribution in [0.3, 0.4) is 0 Å². The first-order chi connectivity index (χ1) is 8.97. The van der Waals surface area contributed by atoms with Gasteiger partial charge in [0.15, 0.2) is 5.16 Å². The van der Waals surface area contributed by atoms with E-state index in [1.165, 1.54) is 4.68 Å². The van der Waals surface area contributed by atoms with Crippen LogP contribution in [0.5, 0.6) is 0 Å². The topological polar surface area (TPSA) is 101 Å². The first-order valence-corrected chi connectivity index (χ1v) is 6.28. The number of H-pyrrole nitrogens is 1. The number of rotatable bonds is 3. The van der Waals surface area contributed by atoms with Crippen molar-refractivity contribution in [3.05, 3.63) is 44.6 Å². The van der Waals surface area contributed by atoms with Gasteiger partial charge >= 0.3 is 11.1 Å². The molecule has 0 aromatic carbocycles. The molecule has 19 heavy (non-hydrogen) atoms. The molecule has 0 radical (unpaired) electrons. The number of hydrogen-bond acceptors (Lipinski definition) is 6. The molecule has 0 amide bonds. The fourth-order valence-corrected chi connectivity index (χ4v) is 2.19. The molecule has 0 aliphatic carbocycles. The Morgan fingerprint density at radius 2 is 2.21 bits per heavy atom. The number of aliphatic hydroxyl groups is 1. The Bertz CT molecular complexity index is 708. The largest absolute Gasteiger partial charge is 0.389 e. The number of aromatic nitrogens is 4. The second-order valence-corrected chi connectivity index (χ2v) is 4.89. The van der Waals surface area contributed by atoms with Crippen LogP contribution in [0, 0.1) is 0 Å². The summed E-state index contributed by atoms with van der Waals surface area (Å²) in [4.78, 5) is 30.1. The molecule has 0 aliphatic heterocycles. The predicted octanol–water partition coefficient (Wildman–Crippen LogP) is 0.0681. The van der Waals surface area contributed by atoms with E-state index in [1.54, 1.807) is 32.3 Å². The highest BCUT2D eigenvalue weighted by Gasteiger charge is 2.09. The fraction of sp³-hybridized carbons (Fsp3) is 0.273. The van der Waals surface area contributed by atoms with Gasteiger partial charge in [0, 0.05) is 13.2 Å². The van der Waals surface area contributed by atoms with Crippen LogP contribution in [0.2, 0.25) is 0 Å². The van der Waals surface area contributed by atoms with Crippen molar-refractivity contribution in [2.45, 2.75) is 23.2 Å². The van der Waals surface area contributed by atoms with E-state index in [9.17, 15) is 14.7 Å². The Labute approximate surface area is 112 Å². The fourth-order valence-electron chi connectivity index (χ4n) is 1.39. The maximum absolute atomic E-state index is 11.2. The lowest BCUT2D eigenvalue weighted by Crippen LogP contribution is -2.33. The highest BCUT2D eigenvalue weighted by Crippen LogP contribution is 2.24. The van der Waals surface area contributed by atoms with Gasteiger partial charge in [0.1, 0.15) is 5.03 Å². The molecular weight excluding hydrogens is 268 g/mol. The molecular formula is C11H12N4O3S. The van der Waals surface area contributed by atoms with E-state index < -0.39 is 17.2 Å². The van der Waals surface area contributed by atoms with Gasteiger partial charge in [0.2, 0.25) is 0 Å². The summed E-state index contributed by atoms with van der Waals surface area (Å²) < 4.78 is 1.35. The molecule has 0 aliphatic rings. The quantitative estimate of drug-likeness (QED) is 0.771. The van der Waals surface area contributed by atoms with Gasteiger partial charge in [-0.3, -0.25) is 19.4 Å². The minimum Gasteiger partial charge on any atom is -0.389 e. The monoisotopic (exact) mass is 280 g/mol. The van der Waals surface area contributed by atoms with E-state index in [0.29, 0.717) is 15.7 Å². The molecule has 100 valence electrons. The SMILES string of the molecule is C[C@@H](O)c1ccnc(Sc2nc(=O)c(=O)[nH]n2C)c1. The lowest BCUT2D eigenvalue weighted by molar-refractivity contribution is 0.199. The molecule has 2 rings (SSSR count). The summed E-state index contributed by atoms with van der Waals surface area (Å²) in [5, 5.41) is 12.7. The number of hydrogen-bond donors (Lipinski definition) is 2. The van der Waals surface area contributed by atoms with Crippen molar-refractivity contribution >= 4 is 11.8 Å². The molecule has 0 saturated heterocycles. The van der Waals surface area contributed by atoms with Crippen LogP contribution < -0.4 is 11.1 Å². The van der Waals surface area contributed by atoms with Crippen LogP contribution in [-0.2, 0) is 7.05 Å². The molecule has 2 aromatic heterocycles. The minimum absolute atomic E-state index is 0.319. The van der Waals surface area contributed by atoms with Crippen LogP contribution in [0.4, 0.5) is 0 Å². The molecule has 0 unspecified atom stereocenters. The number of nitrogens with zero attached hydrogens (tertiary/aromatic N) is 3. The summed E-state index contributed by atoms with van der Waals surface area (Å²) in [6.45, 7) is 1.65. The van der Waals surface area contributed by atoms with Crippen LogP contribution in [0.1, 0.15) is 18.6 Å². The summed E-state index contributed by atoms with van der Waals surface area (Å²) in [5.41, 5.74) is -0.892. The van der Waals surface area contributed by atoms with Gasteiger partial charge in [-0.15, -0.1) is 0 Å². The molecule has 2 N–H and O–H groups in total. The van der Waals surface area contributed by atoms with E-state index in [0.717, 1.165) is 11.8 Å². The normalized spacial score (nSPS) is 12.4. The second-order valence-electron chi connectivity index (χ2n) is 3.90. The maximum atomic E-state index is 11.2. The molecule has 0 bridgehead atoms. The van der Waals surface area contributed by atoms with Crippen molar-refractivity contribution in [2.24, 2.45) is 7.05 Å². The van der Waals surface area contributed by atoms with Gasteiger partial charge in [-0.25, -0.2) is 4.98 Å². The Balaban J connectivity index is 2.36. The standard InChI is InChI=1S/C11H12N4O3S/c1-6(16)7-3-4-12-8(5-7)19-11-13-9(17)10(18)14-15(11)2/h3-6,16H,1-2H3,(H,14,18)/t6-/m1/s1. The second kappa shape index (κ2) is 5.37. The average molecular weight is 280 g/mol.